The van der Waals surface area contributed by atoms with E-state index in [1.54, 1.807) is 13.8 Å². The summed E-state index contributed by atoms with van der Waals surface area (Å²) >= 11 is 0. The van der Waals surface area contributed by atoms with Gasteiger partial charge in [-0.15, -0.1) is 0 Å². The Morgan fingerprint density at radius 2 is 0.955 bits per heavy atom. The van der Waals surface area contributed by atoms with Gasteiger partial charge in [-0.25, -0.2) is 19.2 Å². The van der Waals surface area contributed by atoms with Gasteiger partial charge < -0.3 is 40.1 Å². The minimum atomic E-state index is -3.40. The van der Waals surface area contributed by atoms with Gasteiger partial charge in [0.25, 0.3) is 0 Å². The molecule has 2 aromatic carbocycles. The van der Waals surface area contributed by atoms with E-state index in [2.05, 4.69) is 103 Å². The van der Waals surface area contributed by atoms with Crippen LogP contribution in [0.4, 0.5) is 0 Å². The molecule has 67 heavy (non-hydrogen) atoms. The highest BCUT2D eigenvalue weighted by molar-refractivity contribution is 7.02. The summed E-state index contributed by atoms with van der Waals surface area (Å²) in [5, 5.41) is 2.04. The van der Waals surface area contributed by atoms with Gasteiger partial charge >= 0.3 is 41.0 Å². The summed E-state index contributed by atoms with van der Waals surface area (Å²) in [7, 11) is -13.8. The molecule has 2 atom stereocenters. The largest absolute Gasteiger partial charge is 0.460 e. The maximum absolute atomic E-state index is 12.2. The fraction of sp³-hybridized carbons (Fsp3) is 0.500. The van der Waals surface area contributed by atoms with Crippen LogP contribution in [-0.4, -0.2) is 114 Å². The van der Waals surface area contributed by atoms with Crippen molar-refractivity contribution in [1.82, 2.24) is 0 Å². The highest BCUT2D eigenvalue weighted by atomic mass is 28.5. The molecule has 19 heteroatoms. The van der Waals surface area contributed by atoms with Crippen LogP contribution in [0, 0.1) is 0 Å². The van der Waals surface area contributed by atoms with Crippen LogP contribution in [0.25, 0.3) is 0 Å². The van der Waals surface area contributed by atoms with E-state index in [0.29, 0.717) is 0 Å². The number of hydrogen-bond donors (Lipinski definition) is 0. The number of hydrogen-bond acceptors (Lipinski definition) is 13. The normalized spacial score (nSPS) is 13.1. The summed E-state index contributed by atoms with van der Waals surface area (Å²) in [5.74, 6) is -2.19. The van der Waals surface area contributed by atoms with Gasteiger partial charge in [0.2, 0.25) is 18.1 Å². The molecule has 370 valence electrons. The molecule has 0 heterocycles. The third-order valence-corrected chi connectivity index (χ3v) is 30.0. The van der Waals surface area contributed by atoms with Crippen molar-refractivity contribution < 1.29 is 59.3 Å². The number of rotatable bonds is 34. The van der Waals surface area contributed by atoms with E-state index < -0.39 is 87.9 Å². The lowest BCUT2D eigenvalue weighted by molar-refractivity contribution is -0.147. The van der Waals surface area contributed by atoms with Gasteiger partial charge in [0.15, 0.2) is 16.6 Å². The minimum absolute atomic E-state index is 0.0261. The summed E-state index contributed by atoms with van der Waals surface area (Å²) in [6, 6.07) is 24.0. The van der Waals surface area contributed by atoms with Crippen molar-refractivity contribution in [1.29, 1.82) is 0 Å². The van der Waals surface area contributed by atoms with Crippen LogP contribution in [0.5, 0.6) is 0 Å². The highest BCUT2D eigenvalue weighted by Crippen LogP contribution is 2.29. The second-order valence-corrected chi connectivity index (χ2v) is 38.3. The Labute approximate surface area is 408 Å². The van der Waals surface area contributed by atoms with E-state index >= 15 is 0 Å². The monoisotopic (exact) mass is 1030 g/mol. The molecular formula is C48H76O13Si6. The molecule has 2 unspecified atom stereocenters. The summed E-state index contributed by atoms with van der Waals surface area (Å²) in [6.45, 7) is 34.5. The molecule has 0 aliphatic rings. The van der Waals surface area contributed by atoms with E-state index in [4.69, 9.17) is 40.1 Å². The molecular weight excluding hydrogens is 953 g/mol. The molecule has 2 rings (SSSR count). The Hall–Kier alpha value is -3.62. The number of carbonyl (C=O) groups is 4. The van der Waals surface area contributed by atoms with Crippen molar-refractivity contribution in [3.63, 3.8) is 0 Å². The van der Waals surface area contributed by atoms with E-state index in [1.807, 2.05) is 36.4 Å². The minimum Gasteiger partial charge on any atom is -0.460 e. The third kappa shape index (κ3) is 23.5. The van der Waals surface area contributed by atoms with Crippen molar-refractivity contribution in [2.75, 3.05) is 26.4 Å². The van der Waals surface area contributed by atoms with Gasteiger partial charge in [0.05, 0.1) is 0 Å². The van der Waals surface area contributed by atoms with E-state index in [-0.39, 0.29) is 37.6 Å². The molecule has 0 saturated carbocycles. The smallest absolute Gasteiger partial charge is 0.388 e. The van der Waals surface area contributed by atoms with Crippen LogP contribution >= 0.6 is 0 Å². The molecule has 0 aliphatic heterocycles. The highest BCUT2D eigenvalue weighted by Gasteiger charge is 2.52. The number of esters is 4. The molecule has 0 bridgehead atoms. The first-order valence-corrected chi connectivity index (χ1v) is 38.0. The molecule has 0 spiro atoms. The number of benzene rings is 2. The molecule has 13 nitrogen and oxygen atoms in total. The maximum atomic E-state index is 12.2. The molecule has 0 amide bonds. The SMILES string of the molecule is C=CC(=O)OCC(COC(=O)C(=C)C)O[Si](C)CCCCCC[Si](C)(C)O[Si](C)(C)O[Si](O[Si](C)(C)CC[Si](C)OC(COC(=O)C=C)COC(=O)C(=C)C)(c1ccccc1)c1ccccc1. The van der Waals surface area contributed by atoms with Gasteiger partial charge in [-0.05, 0) is 101 Å². The zero-order valence-corrected chi connectivity index (χ0v) is 47.7. The third-order valence-electron chi connectivity index (χ3n) is 10.2. The van der Waals surface area contributed by atoms with Gasteiger partial charge in [0.1, 0.15) is 38.6 Å². The summed E-state index contributed by atoms with van der Waals surface area (Å²) < 4.78 is 56.1. The van der Waals surface area contributed by atoms with Gasteiger partial charge in [-0.2, -0.15) is 0 Å². The molecule has 0 saturated heterocycles. The topological polar surface area (TPSA) is 151 Å². The quantitative estimate of drug-likeness (QED) is 0.0216. The van der Waals surface area contributed by atoms with Crippen LogP contribution in [0.1, 0.15) is 39.5 Å². The fourth-order valence-corrected chi connectivity index (χ4v) is 30.9. The van der Waals surface area contributed by atoms with Crippen LogP contribution in [-0.2, 0) is 59.3 Å². The summed E-state index contributed by atoms with van der Waals surface area (Å²) in [6.07, 6.45) is 5.08. The summed E-state index contributed by atoms with van der Waals surface area (Å²) in [5.41, 5.74) is 0.558. The lowest BCUT2D eigenvalue weighted by Crippen LogP contribution is -2.71. The van der Waals surface area contributed by atoms with Crippen molar-refractivity contribution in [2.24, 2.45) is 0 Å². The fourth-order valence-electron chi connectivity index (χ4n) is 6.99. The predicted molar refractivity (Wildman–Crippen MR) is 278 cm³/mol. The second-order valence-electron chi connectivity index (χ2n) is 18.3. The second kappa shape index (κ2) is 29.4. The molecule has 0 aliphatic carbocycles. The number of unbranched alkanes of at least 4 members (excludes halogenated alkanes) is 3. The predicted octanol–water partition coefficient (Wildman–Crippen LogP) is 8.68. The van der Waals surface area contributed by atoms with Crippen LogP contribution in [0.2, 0.25) is 76.6 Å². The Bertz CT molecular complexity index is 1870. The lowest BCUT2D eigenvalue weighted by Gasteiger charge is -2.44. The average Bonchev–Trinajstić information content (AvgIpc) is 3.27. The first kappa shape index (κ1) is 59.5. The van der Waals surface area contributed by atoms with Crippen LogP contribution in [0.15, 0.2) is 110 Å². The molecule has 2 aromatic rings. The number of carbonyl (C=O) groups excluding carboxylic acids is 4. The summed E-state index contributed by atoms with van der Waals surface area (Å²) in [4.78, 5) is 47.7. The van der Waals surface area contributed by atoms with Crippen molar-refractivity contribution >= 4 is 86.1 Å². The van der Waals surface area contributed by atoms with E-state index in [9.17, 15) is 19.2 Å². The lowest BCUT2D eigenvalue weighted by atomic mass is 10.2. The van der Waals surface area contributed by atoms with E-state index in [0.717, 1.165) is 72.4 Å². The average molecular weight is 1030 g/mol. The Balaban J connectivity index is 2.16. The van der Waals surface area contributed by atoms with Gasteiger partial charge in [0, 0.05) is 23.3 Å². The Kier molecular flexibility index (Phi) is 26.1. The van der Waals surface area contributed by atoms with Crippen molar-refractivity contribution in [3.8, 4) is 0 Å². The standard InChI is InChI=1S/C48H76O13Si6/c1-15-45(49)53-35-41(37-55-47(51)39(3)4)57-62(7)31-25-17-18-26-33-64(9,10)59-66(13,14)61-67(43-27-21-19-22-28-43,44-29-23-20-24-30-44)60-65(11,12)34-32-63(8)58-42(36-54-46(50)16-2)38-56-48(52)40(5)6/h15-16,19-24,27-30,41-42H,1-3,5,17-18,25-26,31-38H2,4,6-14H3. The van der Waals surface area contributed by atoms with Gasteiger partial charge in [-0.3, -0.25) is 0 Å². The Morgan fingerprint density at radius 3 is 1.39 bits per heavy atom. The zero-order chi connectivity index (χ0) is 50.3. The van der Waals surface area contributed by atoms with E-state index in [1.165, 1.54) is 0 Å². The maximum Gasteiger partial charge on any atom is 0.388 e. The van der Waals surface area contributed by atoms with Gasteiger partial charge in [-0.1, -0.05) is 113 Å². The van der Waals surface area contributed by atoms with Crippen molar-refractivity contribution in [2.45, 2.75) is 128 Å². The number of ether oxygens (including phenoxy) is 4. The zero-order valence-electron chi connectivity index (χ0n) is 41.7. The van der Waals surface area contributed by atoms with Crippen LogP contribution < -0.4 is 10.4 Å². The molecule has 0 aromatic heterocycles. The molecule has 0 N–H and O–H groups in total. The first-order chi connectivity index (χ1) is 31.4. The molecule has 2 radical (unpaired) electrons. The van der Waals surface area contributed by atoms with Crippen LogP contribution in [0.3, 0.4) is 0 Å². The van der Waals surface area contributed by atoms with Crippen molar-refractivity contribution in [3.05, 3.63) is 110 Å². The Morgan fingerprint density at radius 1 is 0.552 bits per heavy atom. The first-order valence-electron chi connectivity index (χ1n) is 22.9. The molecule has 0 fully saturated rings.